The Morgan fingerprint density at radius 2 is 1.70 bits per heavy atom. The number of carbonyl (C=O) groups is 1. The second-order valence-electron chi connectivity index (χ2n) is 6.79. The molecule has 2 unspecified atom stereocenters. The number of carbonyl (C=O) groups excluding carboxylic acids is 1. The topological polar surface area (TPSA) is 17.1 Å². The van der Waals surface area contributed by atoms with Crippen molar-refractivity contribution in [2.24, 2.45) is 5.92 Å². The van der Waals surface area contributed by atoms with E-state index in [1.807, 2.05) is 0 Å². The zero-order chi connectivity index (χ0) is 15.6. The summed E-state index contributed by atoms with van der Waals surface area (Å²) in [5, 5.41) is 0. The van der Waals surface area contributed by atoms with E-state index in [-0.39, 0.29) is 11.8 Å². The van der Waals surface area contributed by atoms with Crippen LogP contribution in [0.4, 0.5) is 0 Å². The predicted octanol–water partition coefficient (Wildman–Crippen LogP) is 5.17. The van der Waals surface area contributed by atoms with Crippen LogP contribution in [0.1, 0.15) is 48.3 Å². The maximum Gasteiger partial charge on any atom is 0.136 e. The Balaban J connectivity index is 1.69. The third-order valence-corrected chi connectivity index (χ3v) is 5.32. The minimum atomic E-state index is 0.193. The van der Waals surface area contributed by atoms with Gasteiger partial charge in [-0.15, -0.1) is 0 Å². The third-order valence-electron chi connectivity index (χ3n) is 5.32. The van der Waals surface area contributed by atoms with Crippen LogP contribution >= 0.6 is 0 Å². The van der Waals surface area contributed by atoms with Gasteiger partial charge in [0.05, 0.1) is 0 Å². The Hall–Kier alpha value is -2.15. The minimum absolute atomic E-state index is 0.193. The highest BCUT2D eigenvalue weighted by molar-refractivity contribution is 5.86. The Morgan fingerprint density at radius 3 is 2.52 bits per heavy atom. The van der Waals surface area contributed by atoms with Gasteiger partial charge in [-0.1, -0.05) is 67.1 Å². The smallest absolute Gasteiger partial charge is 0.136 e. The SMILES string of the molecule is O=C1CCCCC1C1C=C(Cc2ccccc2)c2ccccc21. The summed E-state index contributed by atoms with van der Waals surface area (Å²) in [4.78, 5) is 12.4. The van der Waals surface area contributed by atoms with E-state index in [4.69, 9.17) is 0 Å². The van der Waals surface area contributed by atoms with Crippen molar-refractivity contribution >= 4 is 11.4 Å². The molecule has 2 atom stereocenters. The molecule has 2 aliphatic carbocycles. The molecule has 116 valence electrons. The molecule has 2 aliphatic rings. The molecule has 0 radical (unpaired) electrons. The number of Topliss-reactive ketones (excluding diaryl/α,β-unsaturated/α-hetero) is 1. The molecule has 0 aromatic heterocycles. The molecule has 23 heavy (non-hydrogen) atoms. The fraction of sp³-hybridized carbons (Fsp3) is 0.318. The van der Waals surface area contributed by atoms with Gasteiger partial charge >= 0.3 is 0 Å². The lowest BCUT2D eigenvalue weighted by Gasteiger charge is -2.26. The number of ketones is 1. The molecule has 1 fully saturated rings. The molecule has 2 aromatic carbocycles. The molecule has 0 heterocycles. The number of allylic oxidation sites excluding steroid dienone is 2. The fourth-order valence-electron chi connectivity index (χ4n) is 4.17. The van der Waals surface area contributed by atoms with Gasteiger partial charge in [0.1, 0.15) is 5.78 Å². The Kier molecular flexibility index (Phi) is 3.87. The quantitative estimate of drug-likeness (QED) is 0.764. The molecule has 2 aromatic rings. The molecule has 0 spiro atoms. The normalized spacial score (nSPS) is 23.5. The molecular weight excluding hydrogens is 280 g/mol. The highest BCUT2D eigenvalue weighted by Crippen LogP contribution is 2.44. The molecule has 0 N–H and O–H groups in total. The Labute approximate surface area is 138 Å². The van der Waals surface area contributed by atoms with E-state index in [0.717, 1.165) is 25.7 Å². The molecular formula is C22H22O. The van der Waals surface area contributed by atoms with Crippen molar-refractivity contribution in [2.75, 3.05) is 0 Å². The van der Waals surface area contributed by atoms with E-state index < -0.39 is 0 Å². The summed E-state index contributed by atoms with van der Waals surface area (Å²) in [6.45, 7) is 0. The van der Waals surface area contributed by atoms with Gasteiger partial charge in [-0.05, 0) is 41.5 Å². The van der Waals surface area contributed by atoms with E-state index >= 15 is 0 Å². The number of fused-ring (bicyclic) bond motifs is 1. The summed E-state index contributed by atoms with van der Waals surface area (Å²) in [5.41, 5.74) is 5.43. The van der Waals surface area contributed by atoms with Gasteiger partial charge < -0.3 is 0 Å². The van der Waals surface area contributed by atoms with E-state index in [0.29, 0.717) is 5.78 Å². The molecule has 0 amide bonds. The standard InChI is InChI=1S/C22H22O/c23-22-13-7-6-12-20(22)21-15-17(14-16-8-2-1-3-9-16)18-10-4-5-11-19(18)21/h1-5,8-11,15,20-21H,6-7,12-14H2. The first-order valence-corrected chi connectivity index (χ1v) is 8.69. The highest BCUT2D eigenvalue weighted by Gasteiger charge is 2.34. The van der Waals surface area contributed by atoms with Crippen molar-refractivity contribution < 1.29 is 4.79 Å². The maximum atomic E-state index is 12.4. The molecule has 4 rings (SSSR count). The predicted molar refractivity (Wildman–Crippen MR) is 94.3 cm³/mol. The molecule has 0 bridgehead atoms. The first-order valence-electron chi connectivity index (χ1n) is 8.69. The van der Waals surface area contributed by atoms with Crippen molar-refractivity contribution in [3.63, 3.8) is 0 Å². The van der Waals surface area contributed by atoms with Gasteiger partial charge in [0.15, 0.2) is 0 Å². The van der Waals surface area contributed by atoms with E-state index in [2.05, 4.69) is 60.7 Å². The van der Waals surface area contributed by atoms with E-state index in [9.17, 15) is 4.79 Å². The molecule has 1 heteroatoms. The summed E-state index contributed by atoms with van der Waals surface area (Å²) < 4.78 is 0. The van der Waals surface area contributed by atoms with Crippen LogP contribution < -0.4 is 0 Å². The lowest BCUT2D eigenvalue weighted by molar-refractivity contribution is -0.124. The number of hydrogen-bond acceptors (Lipinski definition) is 1. The second-order valence-corrected chi connectivity index (χ2v) is 6.79. The molecule has 1 saturated carbocycles. The molecule has 0 saturated heterocycles. The summed E-state index contributed by atoms with van der Waals surface area (Å²) in [6.07, 6.45) is 7.42. The van der Waals surface area contributed by atoms with E-state index in [1.165, 1.54) is 28.7 Å². The molecule has 0 aliphatic heterocycles. The number of rotatable bonds is 3. The van der Waals surface area contributed by atoms with Crippen LogP contribution in [0.5, 0.6) is 0 Å². The van der Waals surface area contributed by atoms with Crippen molar-refractivity contribution in [2.45, 2.75) is 38.0 Å². The van der Waals surface area contributed by atoms with Crippen molar-refractivity contribution in [1.29, 1.82) is 0 Å². The van der Waals surface area contributed by atoms with Crippen LogP contribution in [0.25, 0.3) is 5.57 Å². The van der Waals surface area contributed by atoms with Crippen LogP contribution in [0, 0.1) is 5.92 Å². The monoisotopic (exact) mass is 302 g/mol. The average Bonchev–Trinajstić information content (AvgIpc) is 2.95. The number of benzene rings is 2. The van der Waals surface area contributed by atoms with Crippen LogP contribution in [0.15, 0.2) is 60.7 Å². The van der Waals surface area contributed by atoms with Crippen LogP contribution in [0.3, 0.4) is 0 Å². The van der Waals surface area contributed by atoms with Gasteiger partial charge in [-0.2, -0.15) is 0 Å². The summed E-state index contributed by atoms with van der Waals surface area (Å²) in [6, 6.07) is 19.3. The third kappa shape index (κ3) is 2.76. The van der Waals surface area contributed by atoms with Gasteiger partial charge in [-0.25, -0.2) is 0 Å². The highest BCUT2D eigenvalue weighted by atomic mass is 16.1. The minimum Gasteiger partial charge on any atom is -0.299 e. The largest absolute Gasteiger partial charge is 0.299 e. The maximum absolute atomic E-state index is 12.4. The lowest BCUT2D eigenvalue weighted by atomic mass is 9.77. The van der Waals surface area contributed by atoms with Gasteiger partial charge in [-0.3, -0.25) is 4.79 Å². The fourth-order valence-corrected chi connectivity index (χ4v) is 4.17. The lowest BCUT2D eigenvalue weighted by Crippen LogP contribution is -2.24. The molecule has 1 nitrogen and oxygen atoms in total. The van der Waals surface area contributed by atoms with Crippen LogP contribution in [-0.4, -0.2) is 5.78 Å². The summed E-state index contributed by atoms with van der Waals surface area (Å²) >= 11 is 0. The van der Waals surface area contributed by atoms with Crippen LogP contribution in [-0.2, 0) is 11.2 Å². The average molecular weight is 302 g/mol. The van der Waals surface area contributed by atoms with Crippen molar-refractivity contribution in [3.05, 3.63) is 77.4 Å². The van der Waals surface area contributed by atoms with Crippen molar-refractivity contribution in [3.8, 4) is 0 Å². The summed E-state index contributed by atoms with van der Waals surface area (Å²) in [7, 11) is 0. The van der Waals surface area contributed by atoms with Gasteiger partial charge in [0.25, 0.3) is 0 Å². The zero-order valence-corrected chi connectivity index (χ0v) is 13.4. The van der Waals surface area contributed by atoms with E-state index in [1.54, 1.807) is 0 Å². The Morgan fingerprint density at radius 1 is 0.913 bits per heavy atom. The summed E-state index contributed by atoms with van der Waals surface area (Å²) in [5.74, 6) is 0.948. The van der Waals surface area contributed by atoms with Gasteiger partial charge in [0.2, 0.25) is 0 Å². The Bertz CT molecular complexity index is 742. The van der Waals surface area contributed by atoms with Crippen LogP contribution in [0.2, 0.25) is 0 Å². The number of hydrogen-bond donors (Lipinski definition) is 0. The second kappa shape index (κ2) is 6.16. The zero-order valence-electron chi connectivity index (χ0n) is 13.4. The van der Waals surface area contributed by atoms with Crippen molar-refractivity contribution in [1.82, 2.24) is 0 Å². The first kappa shape index (κ1) is 14.4. The first-order chi connectivity index (χ1) is 11.3. The van der Waals surface area contributed by atoms with Gasteiger partial charge in [0, 0.05) is 18.3 Å².